The molecule has 2 heterocycles. The number of fused-ring (bicyclic) bond motifs is 1. The number of aromatic nitrogens is 2. The van der Waals surface area contributed by atoms with Gasteiger partial charge in [-0.2, -0.15) is 13.2 Å². The number of hydrogen-bond donors (Lipinski definition) is 0. The Morgan fingerprint density at radius 2 is 2.04 bits per heavy atom. The molecule has 0 fully saturated rings. The third kappa shape index (κ3) is 3.84. The molecule has 0 saturated carbocycles. The van der Waals surface area contributed by atoms with Crippen molar-refractivity contribution in [2.45, 2.75) is 19.6 Å². The number of nitrogens with zero attached hydrogens (tertiary/aromatic N) is 2. The second-order valence-electron chi connectivity index (χ2n) is 5.81. The first kappa shape index (κ1) is 18.6. The Morgan fingerprint density at radius 3 is 2.67 bits per heavy atom. The molecule has 27 heavy (non-hydrogen) atoms. The van der Waals surface area contributed by atoms with Crippen molar-refractivity contribution in [2.24, 2.45) is 0 Å². The zero-order valence-corrected chi connectivity index (χ0v) is 14.3. The number of rotatable bonds is 4. The van der Waals surface area contributed by atoms with Crippen LogP contribution in [0.5, 0.6) is 0 Å². The van der Waals surface area contributed by atoms with Gasteiger partial charge in [0.2, 0.25) is 5.43 Å². The molecule has 140 valence electrons. The normalized spacial score (nSPS) is 11.6. The zero-order valence-electron chi connectivity index (χ0n) is 14.3. The number of carbonyl (C=O) groups is 1. The maximum absolute atomic E-state index is 13.1. The van der Waals surface area contributed by atoms with Gasteiger partial charge in [0.1, 0.15) is 5.56 Å². The van der Waals surface area contributed by atoms with Crippen LogP contribution in [0.3, 0.4) is 0 Å². The van der Waals surface area contributed by atoms with Gasteiger partial charge in [-0.05, 0) is 36.8 Å². The van der Waals surface area contributed by atoms with E-state index >= 15 is 0 Å². The quantitative estimate of drug-likeness (QED) is 0.653. The highest BCUT2D eigenvalue weighted by molar-refractivity contribution is 5.94. The average molecular weight is 376 g/mol. The average Bonchev–Trinajstić information content (AvgIpc) is 2.64. The molecule has 3 rings (SSSR count). The third-order valence-electron chi connectivity index (χ3n) is 3.98. The summed E-state index contributed by atoms with van der Waals surface area (Å²) >= 11 is 0. The fraction of sp³-hybridized carbons (Fsp3) is 0.211. The summed E-state index contributed by atoms with van der Waals surface area (Å²) in [6.45, 7) is 1.81. The van der Waals surface area contributed by atoms with Gasteiger partial charge in [0, 0.05) is 30.5 Å². The number of alkyl halides is 3. The number of hydrogen-bond acceptors (Lipinski definition) is 4. The van der Waals surface area contributed by atoms with Crippen molar-refractivity contribution in [1.29, 1.82) is 0 Å². The summed E-state index contributed by atoms with van der Waals surface area (Å²) in [6, 6.07) is 6.25. The smallest absolute Gasteiger partial charge is 0.416 e. The van der Waals surface area contributed by atoms with Crippen molar-refractivity contribution < 1.29 is 22.7 Å². The second kappa shape index (κ2) is 7.22. The fourth-order valence-corrected chi connectivity index (χ4v) is 2.74. The minimum Gasteiger partial charge on any atom is -0.462 e. The number of carbonyl (C=O) groups excluding carboxylic acids is 1. The van der Waals surface area contributed by atoms with Crippen LogP contribution in [0.25, 0.3) is 10.9 Å². The van der Waals surface area contributed by atoms with Crippen LogP contribution >= 0.6 is 0 Å². The summed E-state index contributed by atoms with van der Waals surface area (Å²) in [7, 11) is 0. The fourth-order valence-electron chi connectivity index (χ4n) is 2.74. The Morgan fingerprint density at radius 1 is 1.26 bits per heavy atom. The Labute approximate surface area is 152 Å². The Balaban J connectivity index is 2.25. The van der Waals surface area contributed by atoms with Crippen molar-refractivity contribution in [3.05, 3.63) is 75.8 Å². The lowest BCUT2D eigenvalue weighted by Gasteiger charge is -2.15. The highest BCUT2D eigenvalue weighted by Crippen LogP contribution is 2.31. The molecule has 0 aliphatic carbocycles. The molecule has 0 aliphatic heterocycles. The molecule has 0 unspecified atom stereocenters. The summed E-state index contributed by atoms with van der Waals surface area (Å²) in [5, 5.41) is 0.0115. The van der Waals surface area contributed by atoms with Crippen LogP contribution in [0.4, 0.5) is 13.2 Å². The van der Waals surface area contributed by atoms with Crippen LogP contribution in [0.1, 0.15) is 28.4 Å². The van der Waals surface area contributed by atoms with E-state index in [0.717, 1.165) is 18.2 Å². The molecule has 1 aromatic carbocycles. The molecule has 5 nitrogen and oxygen atoms in total. The maximum atomic E-state index is 13.1. The maximum Gasteiger partial charge on any atom is 0.416 e. The molecule has 8 heteroatoms. The summed E-state index contributed by atoms with van der Waals surface area (Å²) < 4.78 is 45.7. The molecule has 0 spiro atoms. The first-order valence-corrected chi connectivity index (χ1v) is 8.11. The zero-order chi connectivity index (χ0) is 19.6. The van der Waals surface area contributed by atoms with Crippen LogP contribution in [-0.2, 0) is 17.5 Å². The summed E-state index contributed by atoms with van der Waals surface area (Å²) in [4.78, 5) is 28.7. The van der Waals surface area contributed by atoms with E-state index in [9.17, 15) is 22.8 Å². The molecule has 2 aromatic heterocycles. The van der Waals surface area contributed by atoms with Gasteiger partial charge < -0.3 is 9.30 Å². The first-order chi connectivity index (χ1) is 12.8. The van der Waals surface area contributed by atoms with Crippen molar-refractivity contribution in [3.8, 4) is 0 Å². The van der Waals surface area contributed by atoms with E-state index in [2.05, 4.69) is 4.98 Å². The topological polar surface area (TPSA) is 61.2 Å². The van der Waals surface area contributed by atoms with Gasteiger partial charge in [0.05, 0.1) is 17.7 Å². The minimum atomic E-state index is -4.55. The second-order valence-corrected chi connectivity index (χ2v) is 5.81. The molecule has 0 N–H and O–H groups in total. The highest BCUT2D eigenvalue weighted by Gasteiger charge is 2.31. The van der Waals surface area contributed by atoms with E-state index in [0.29, 0.717) is 5.56 Å². The SMILES string of the molecule is CCOC(=O)c1cn(Cc2cccnc2)c2cc(C(F)(F)F)ccc2c1=O. The Kier molecular flexibility index (Phi) is 4.98. The Bertz CT molecular complexity index is 1040. The van der Waals surface area contributed by atoms with Crippen LogP contribution in [0, 0.1) is 0 Å². The van der Waals surface area contributed by atoms with Gasteiger partial charge in [-0.1, -0.05) is 6.07 Å². The van der Waals surface area contributed by atoms with Crippen LogP contribution < -0.4 is 5.43 Å². The lowest BCUT2D eigenvalue weighted by Crippen LogP contribution is -2.21. The third-order valence-corrected chi connectivity index (χ3v) is 3.98. The number of pyridine rings is 2. The summed E-state index contributed by atoms with van der Waals surface area (Å²) in [5.41, 5.74) is -0.993. The van der Waals surface area contributed by atoms with Crippen molar-refractivity contribution >= 4 is 16.9 Å². The molecule has 0 aliphatic rings. The number of benzene rings is 1. The molecule has 3 aromatic rings. The van der Waals surface area contributed by atoms with Crippen LogP contribution in [0.2, 0.25) is 0 Å². The molecular weight excluding hydrogens is 361 g/mol. The van der Waals surface area contributed by atoms with Gasteiger partial charge in [-0.3, -0.25) is 9.78 Å². The molecular formula is C19H15F3N2O3. The van der Waals surface area contributed by atoms with Gasteiger partial charge in [-0.15, -0.1) is 0 Å². The predicted molar refractivity (Wildman–Crippen MR) is 92.5 cm³/mol. The van der Waals surface area contributed by atoms with E-state index in [1.165, 1.54) is 10.8 Å². The predicted octanol–water partition coefficient (Wildman–Crippen LogP) is 3.64. The van der Waals surface area contributed by atoms with E-state index in [-0.39, 0.29) is 29.6 Å². The largest absolute Gasteiger partial charge is 0.462 e. The lowest BCUT2D eigenvalue weighted by molar-refractivity contribution is -0.137. The lowest BCUT2D eigenvalue weighted by atomic mass is 10.1. The first-order valence-electron chi connectivity index (χ1n) is 8.11. The van der Waals surface area contributed by atoms with E-state index in [4.69, 9.17) is 4.74 Å². The Hall–Kier alpha value is -3.16. The van der Waals surface area contributed by atoms with E-state index in [1.54, 1.807) is 31.5 Å². The number of ether oxygens (including phenoxy) is 1. The van der Waals surface area contributed by atoms with Gasteiger partial charge in [0.15, 0.2) is 0 Å². The minimum absolute atomic E-state index is 0.0115. The van der Waals surface area contributed by atoms with Crippen molar-refractivity contribution in [1.82, 2.24) is 9.55 Å². The van der Waals surface area contributed by atoms with E-state index < -0.39 is 23.1 Å². The molecule has 0 amide bonds. The number of esters is 1. The standard InChI is InChI=1S/C19H15F3N2O3/c1-2-27-18(26)15-11-24(10-12-4-3-7-23-9-12)16-8-13(19(20,21)22)5-6-14(16)17(15)25/h3-9,11H,2,10H2,1H3. The molecule has 0 atom stereocenters. The van der Waals surface area contributed by atoms with E-state index in [1.807, 2.05) is 0 Å². The van der Waals surface area contributed by atoms with Crippen molar-refractivity contribution in [2.75, 3.05) is 6.61 Å². The highest BCUT2D eigenvalue weighted by atomic mass is 19.4. The van der Waals surface area contributed by atoms with Crippen molar-refractivity contribution in [3.63, 3.8) is 0 Å². The van der Waals surface area contributed by atoms with Crippen LogP contribution in [0.15, 0.2) is 53.7 Å². The van der Waals surface area contributed by atoms with Gasteiger partial charge >= 0.3 is 12.1 Å². The molecule has 0 radical (unpaired) electrons. The summed E-state index contributed by atoms with van der Waals surface area (Å²) in [6.07, 6.45) is -0.195. The molecule has 0 bridgehead atoms. The van der Waals surface area contributed by atoms with Crippen LogP contribution in [-0.4, -0.2) is 22.1 Å². The van der Waals surface area contributed by atoms with Gasteiger partial charge in [0.25, 0.3) is 0 Å². The number of halogens is 3. The monoisotopic (exact) mass is 376 g/mol. The summed E-state index contributed by atoms with van der Waals surface area (Å²) in [5.74, 6) is -0.816. The van der Waals surface area contributed by atoms with Gasteiger partial charge in [-0.25, -0.2) is 4.79 Å². The molecule has 0 saturated heterocycles.